The van der Waals surface area contributed by atoms with Crippen molar-refractivity contribution in [3.8, 4) is 0 Å². The van der Waals surface area contributed by atoms with Gasteiger partial charge in [-0.1, -0.05) is 36.8 Å². The van der Waals surface area contributed by atoms with E-state index < -0.39 is 0 Å². The van der Waals surface area contributed by atoms with Gasteiger partial charge in [-0.05, 0) is 18.9 Å². The molecule has 0 aromatic heterocycles. The summed E-state index contributed by atoms with van der Waals surface area (Å²) in [6.45, 7) is 4.56. The van der Waals surface area contributed by atoms with Crippen LogP contribution in [0.1, 0.15) is 37.3 Å². The van der Waals surface area contributed by atoms with Gasteiger partial charge < -0.3 is 9.47 Å². The largest absolute Gasteiger partial charge is 0.466 e. The predicted molar refractivity (Wildman–Crippen MR) is 71.5 cm³/mol. The molecule has 0 bridgehead atoms. The Morgan fingerprint density at radius 2 is 1.58 bits per heavy atom. The summed E-state index contributed by atoms with van der Waals surface area (Å²) in [6, 6.07) is 7.76. The minimum atomic E-state index is -0.381. The Morgan fingerprint density at radius 1 is 1.00 bits per heavy atom. The molecule has 1 aromatic carbocycles. The fourth-order valence-electron chi connectivity index (χ4n) is 1.41. The van der Waals surface area contributed by atoms with E-state index in [2.05, 4.69) is 0 Å². The van der Waals surface area contributed by atoms with E-state index in [1.165, 1.54) is 0 Å². The molecule has 0 aliphatic rings. The molecule has 4 heteroatoms. The van der Waals surface area contributed by atoms with Crippen LogP contribution in [0.5, 0.6) is 0 Å². The number of hydrogen-bond acceptors (Lipinski definition) is 4. The Kier molecular flexibility index (Phi) is 6.64. The molecule has 0 N–H and O–H groups in total. The Morgan fingerprint density at radius 3 is 2.16 bits per heavy atom. The van der Waals surface area contributed by atoms with Gasteiger partial charge in [0.15, 0.2) is 0 Å². The first kappa shape index (κ1) is 15.2. The van der Waals surface area contributed by atoms with Crippen LogP contribution in [0.4, 0.5) is 0 Å². The van der Waals surface area contributed by atoms with E-state index in [1.54, 1.807) is 0 Å². The number of esters is 2. The highest BCUT2D eigenvalue weighted by Gasteiger charge is 2.08. The van der Waals surface area contributed by atoms with Crippen molar-refractivity contribution in [3.05, 3.63) is 35.4 Å². The van der Waals surface area contributed by atoms with Crippen molar-refractivity contribution in [2.24, 2.45) is 0 Å². The average molecular weight is 264 g/mol. The molecule has 0 atom stereocenters. The van der Waals surface area contributed by atoms with Crippen molar-refractivity contribution in [2.45, 2.75) is 39.7 Å². The summed E-state index contributed by atoms with van der Waals surface area (Å²) in [5.74, 6) is -0.733. The van der Waals surface area contributed by atoms with Crippen molar-refractivity contribution >= 4 is 11.9 Å². The summed E-state index contributed by atoms with van der Waals surface area (Å²) < 4.78 is 9.95. The maximum absolute atomic E-state index is 11.4. The molecular formula is C15H20O4. The zero-order valence-corrected chi connectivity index (χ0v) is 11.5. The second-order valence-corrected chi connectivity index (χ2v) is 4.37. The predicted octanol–water partition coefficient (Wildman–Crippen LogP) is 2.77. The highest BCUT2D eigenvalue weighted by molar-refractivity contribution is 5.77. The lowest BCUT2D eigenvalue weighted by Gasteiger charge is -2.05. The molecule has 1 rings (SSSR count). The summed E-state index contributed by atoms with van der Waals surface area (Å²) >= 11 is 0. The Hall–Kier alpha value is -1.84. The van der Waals surface area contributed by atoms with Gasteiger partial charge in [-0.2, -0.15) is 0 Å². The molecule has 0 fully saturated rings. The van der Waals surface area contributed by atoms with Gasteiger partial charge >= 0.3 is 11.9 Å². The normalized spacial score (nSPS) is 10.0. The van der Waals surface area contributed by atoms with Gasteiger partial charge in [-0.25, -0.2) is 0 Å². The van der Waals surface area contributed by atoms with Crippen LogP contribution >= 0.6 is 0 Å². The standard InChI is InChI=1S/C15H20O4/c1-3-10-18-14(16)8-9-15(17)19-11-13-6-4-12(2)5-7-13/h4-7H,3,8-11H2,1-2H3. The third kappa shape index (κ3) is 6.60. The summed E-state index contributed by atoms with van der Waals surface area (Å²) in [5.41, 5.74) is 2.10. The van der Waals surface area contributed by atoms with Crippen LogP contribution < -0.4 is 0 Å². The SMILES string of the molecule is CCCOC(=O)CCC(=O)OCc1ccc(C)cc1. The molecule has 0 saturated carbocycles. The van der Waals surface area contributed by atoms with E-state index in [0.717, 1.165) is 17.5 Å². The molecule has 0 unspecified atom stereocenters. The highest BCUT2D eigenvalue weighted by Crippen LogP contribution is 2.06. The number of ether oxygens (including phenoxy) is 2. The molecule has 0 spiro atoms. The zero-order chi connectivity index (χ0) is 14.1. The lowest BCUT2D eigenvalue weighted by atomic mass is 10.2. The monoisotopic (exact) mass is 264 g/mol. The maximum atomic E-state index is 11.4. The first-order valence-corrected chi connectivity index (χ1v) is 6.48. The summed E-state index contributed by atoms with van der Waals surface area (Å²) in [7, 11) is 0. The maximum Gasteiger partial charge on any atom is 0.306 e. The van der Waals surface area contributed by atoms with Gasteiger partial charge in [0.25, 0.3) is 0 Å². The van der Waals surface area contributed by atoms with Crippen LogP contribution in [0.3, 0.4) is 0 Å². The minimum absolute atomic E-state index is 0.0639. The molecule has 104 valence electrons. The van der Waals surface area contributed by atoms with E-state index >= 15 is 0 Å². The lowest BCUT2D eigenvalue weighted by molar-refractivity contribution is -0.151. The Balaban J connectivity index is 2.21. The summed E-state index contributed by atoms with van der Waals surface area (Å²) in [4.78, 5) is 22.6. The molecule has 0 radical (unpaired) electrons. The first-order chi connectivity index (χ1) is 9.11. The Labute approximate surface area is 113 Å². The molecule has 19 heavy (non-hydrogen) atoms. The molecule has 0 saturated heterocycles. The van der Waals surface area contributed by atoms with E-state index in [9.17, 15) is 9.59 Å². The smallest absolute Gasteiger partial charge is 0.306 e. The van der Waals surface area contributed by atoms with Gasteiger partial charge in [0.05, 0.1) is 19.4 Å². The van der Waals surface area contributed by atoms with Crippen LogP contribution in [0, 0.1) is 6.92 Å². The van der Waals surface area contributed by atoms with E-state index in [0.29, 0.717) is 6.61 Å². The number of aryl methyl sites for hydroxylation is 1. The average Bonchev–Trinajstić information content (AvgIpc) is 2.42. The molecule has 0 aliphatic heterocycles. The minimum Gasteiger partial charge on any atom is -0.466 e. The van der Waals surface area contributed by atoms with Gasteiger partial charge in [-0.15, -0.1) is 0 Å². The second-order valence-electron chi connectivity index (χ2n) is 4.37. The third-order valence-corrected chi connectivity index (χ3v) is 2.52. The van der Waals surface area contributed by atoms with Gasteiger partial charge in [0.1, 0.15) is 6.61 Å². The summed E-state index contributed by atoms with van der Waals surface area (Å²) in [5, 5.41) is 0. The number of carbonyl (C=O) groups is 2. The van der Waals surface area contributed by atoms with Crippen LogP contribution in [-0.2, 0) is 25.7 Å². The number of benzene rings is 1. The fourth-order valence-corrected chi connectivity index (χ4v) is 1.41. The topological polar surface area (TPSA) is 52.6 Å². The molecule has 1 aromatic rings. The highest BCUT2D eigenvalue weighted by atomic mass is 16.5. The lowest BCUT2D eigenvalue weighted by Crippen LogP contribution is -2.10. The second kappa shape index (κ2) is 8.29. The van der Waals surface area contributed by atoms with Crippen molar-refractivity contribution in [1.29, 1.82) is 0 Å². The van der Waals surface area contributed by atoms with E-state index in [1.807, 2.05) is 38.1 Å². The first-order valence-electron chi connectivity index (χ1n) is 6.48. The zero-order valence-electron chi connectivity index (χ0n) is 11.5. The molecule has 0 heterocycles. The van der Waals surface area contributed by atoms with Crippen molar-refractivity contribution in [3.63, 3.8) is 0 Å². The van der Waals surface area contributed by atoms with Crippen LogP contribution in [0.2, 0.25) is 0 Å². The Bertz CT molecular complexity index is 409. The summed E-state index contributed by atoms with van der Waals surface area (Å²) in [6.07, 6.45) is 0.921. The van der Waals surface area contributed by atoms with Crippen molar-refractivity contribution in [1.82, 2.24) is 0 Å². The fraction of sp³-hybridized carbons (Fsp3) is 0.467. The van der Waals surface area contributed by atoms with E-state index in [-0.39, 0.29) is 31.4 Å². The third-order valence-electron chi connectivity index (χ3n) is 2.52. The van der Waals surface area contributed by atoms with Crippen molar-refractivity contribution < 1.29 is 19.1 Å². The number of carbonyl (C=O) groups excluding carboxylic acids is 2. The van der Waals surface area contributed by atoms with Crippen LogP contribution in [0.25, 0.3) is 0 Å². The van der Waals surface area contributed by atoms with Gasteiger partial charge in [-0.3, -0.25) is 9.59 Å². The molecule has 0 aliphatic carbocycles. The van der Waals surface area contributed by atoms with Gasteiger partial charge in [0, 0.05) is 0 Å². The number of rotatable bonds is 7. The molecular weight excluding hydrogens is 244 g/mol. The van der Waals surface area contributed by atoms with Crippen LogP contribution in [-0.4, -0.2) is 18.5 Å². The quantitative estimate of drug-likeness (QED) is 0.711. The van der Waals surface area contributed by atoms with E-state index in [4.69, 9.17) is 9.47 Å². The number of hydrogen-bond donors (Lipinski definition) is 0. The van der Waals surface area contributed by atoms with Crippen LogP contribution in [0.15, 0.2) is 24.3 Å². The van der Waals surface area contributed by atoms with Gasteiger partial charge in [0.2, 0.25) is 0 Å². The molecule has 0 amide bonds. The van der Waals surface area contributed by atoms with Crippen molar-refractivity contribution in [2.75, 3.05) is 6.61 Å². The molecule has 4 nitrogen and oxygen atoms in total.